The first kappa shape index (κ1) is 10.9. The fraction of sp³-hybridized carbons (Fsp3) is 0.273. The van der Waals surface area contributed by atoms with Gasteiger partial charge in [0.05, 0.1) is 0 Å². The van der Waals surface area contributed by atoms with Gasteiger partial charge in [-0.15, -0.1) is 0 Å². The number of nitrogens with zero attached hydrogens (tertiary/aromatic N) is 2. The van der Waals surface area contributed by atoms with Crippen molar-refractivity contribution in [3.05, 3.63) is 30.1 Å². The average molecular weight is 235 g/mol. The molecule has 0 radical (unpaired) electrons. The van der Waals surface area contributed by atoms with Crippen LogP contribution in [0.15, 0.2) is 24.3 Å². The van der Waals surface area contributed by atoms with Gasteiger partial charge in [0.15, 0.2) is 0 Å². The molecule has 0 atom stereocenters. The normalized spacial score (nSPS) is 10.7. The summed E-state index contributed by atoms with van der Waals surface area (Å²) < 4.78 is 9.76. The van der Waals surface area contributed by atoms with Crippen LogP contribution in [0.5, 0.6) is 10.9 Å². The molecule has 0 saturated carbocycles. The summed E-state index contributed by atoms with van der Waals surface area (Å²) in [5.41, 5.74) is 6.30. The lowest BCUT2D eigenvalue weighted by atomic mass is 10.2. The topological polar surface area (TPSA) is 61.0 Å². The molecule has 1 aromatic carbocycles. The largest absolute Gasteiger partial charge is 0.430 e. The lowest BCUT2D eigenvalue weighted by molar-refractivity contribution is 0.476. The second kappa shape index (κ2) is 4.49. The van der Waals surface area contributed by atoms with Crippen LogP contribution in [0.4, 0.5) is 5.69 Å². The Bertz CT molecular complexity index is 464. The third-order valence-electron chi connectivity index (χ3n) is 2.02. The maximum atomic E-state index is 5.58. The van der Waals surface area contributed by atoms with Crippen LogP contribution < -0.4 is 10.5 Å². The highest BCUT2D eigenvalue weighted by molar-refractivity contribution is 7.07. The minimum absolute atomic E-state index is 0.319. The molecule has 0 fully saturated rings. The van der Waals surface area contributed by atoms with Crippen LogP contribution in [-0.4, -0.2) is 9.36 Å². The molecule has 4 nitrogen and oxygen atoms in total. The van der Waals surface area contributed by atoms with Gasteiger partial charge in [-0.05, 0) is 24.3 Å². The summed E-state index contributed by atoms with van der Waals surface area (Å²) >= 11 is 1.26. The Morgan fingerprint density at radius 1 is 1.25 bits per heavy atom. The maximum Gasteiger partial charge on any atom is 0.298 e. The molecule has 1 aromatic heterocycles. The Hall–Kier alpha value is -1.62. The second-order valence-electron chi connectivity index (χ2n) is 3.74. The number of ether oxygens (including phenoxy) is 1. The predicted molar refractivity (Wildman–Crippen MR) is 64.9 cm³/mol. The number of aromatic nitrogens is 2. The van der Waals surface area contributed by atoms with Crippen LogP contribution in [0.25, 0.3) is 0 Å². The zero-order valence-electron chi connectivity index (χ0n) is 9.18. The van der Waals surface area contributed by atoms with E-state index in [2.05, 4.69) is 23.2 Å². The zero-order chi connectivity index (χ0) is 11.5. The Balaban J connectivity index is 2.11. The molecular formula is C11H13N3OS. The number of hydrogen-bond acceptors (Lipinski definition) is 5. The van der Waals surface area contributed by atoms with Gasteiger partial charge < -0.3 is 10.5 Å². The molecule has 2 N–H and O–H groups in total. The molecule has 2 rings (SSSR count). The van der Waals surface area contributed by atoms with Crippen molar-refractivity contribution in [3.8, 4) is 10.9 Å². The van der Waals surface area contributed by atoms with Gasteiger partial charge in [-0.25, -0.2) is 0 Å². The number of rotatable bonds is 3. The molecule has 2 aromatic rings. The van der Waals surface area contributed by atoms with E-state index >= 15 is 0 Å². The fourth-order valence-corrected chi connectivity index (χ4v) is 1.82. The van der Waals surface area contributed by atoms with E-state index in [9.17, 15) is 0 Å². The predicted octanol–water partition coefficient (Wildman–Crippen LogP) is 3.04. The summed E-state index contributed by atoms with van der Waals surface area (Å²) in [6, 6.07) is 7.21. The van der Waals surface area contributed by atoms with E-state index in [1.807, 2.05) is 12.1 Å². The zero-order valence-corrected chi connectivity index (χ0v) is 9.99. The van der Waals surface area contributed by atoms with E-state index in [4.69, 9.17) is 10.5 Å². The number of nitrogen functional groups attached to an aromatic ring is 1. The molecule has 0 bridgehead atoms. The summed E-state index contributed by atoms with van der Waals surface area (Å²) in [5, 5.41) is 0.563. The smallest absolute Gasteiger partial charge is 0.298 e. The fourth-order valence-electron chi connectivity index (χ4n) is 1.13. The van der Waals surface area contributed by atoms with Crippen LogP contribution in [0.1, 0.15) is 25.6 Å². The van der Waals surface area contributed by atoms with E-state index in [-0.39, 0.29) is 0 Å². The highest BCUT2D eigenvalue weighted by Gasteiger charge is 2.08. The van der Waals surface area contributed by atoms with Crippen molar-refractivity contribution in [2.24, 2.45) is 0 Å². The Kier molecular flexibility index (Phi) is 3.05. The Labute approximate surface area is 98.3 Å². The van der Waals surface area contributed by atoms with Gasteiger partial charge in [0, 0.05) is 23.1 Å². The van der Waals surface area contributed by atoms with Gasteiger partial charge in [0.2, 0.25) is 0 Å². The third-order valence-corrected chi connectivity index (χ3v) is 2.63. The molecule has 0 aliphatic heterocycles. The van der Waals surface area contributed by atoms with E-state index < -0.39 is 0 Å². The molecule has 0 spiro atoms. The summed E-state index contributed by atoms with van der Waals surface area (Å²) in [6.07, 6.45) is 0. The van der Waals surface area contributed by atoms with Crippen molar-refractivity contribution in [1.82, 2.24) is 9.36 Å². The molecule has 0 unspecified atom stereocenters. The molecule has 1 heterocycles. The van der Waals surface area contributed by atoms with Gasteiger partial charge in [-0.1, -0.05) is 13.8 Å². The summed E-state index contributed by atoms with van der Waals surface area (Å²) in [5.74, 6) is 1.86. The van der Waals surface area contributed by atoms with Gasteiger partial charge >= 0.3 is 0 Å². The summed E-state index contributed by atoms with van der Waals surface area (Å²) in [7, 11) is 0. The van der Waals surface area contributed by atoms with E-state index in [1.54, 1.807) is 12.1 Å². The number of benzene rings is 1. The summed E-state index contributed by atoms with van der Waals surface area (Å²) in [4.78, 5) is 4.28. The van der Waals surface area contributed by atoms with Crippen LogP contribution in [0.2, 0.25) is 0 Å². The van der Waals surface area contributed by atoms with Crippen LogP contribution in [0.3, 0.4) is 0 Å². The van der Waals surface area contributed by atoms with Gasteiger partial charge in [0.1, 0.15) is 11.6 Å². The van der Waals surface area contributed by atoms with E-state index in [0.29, 0.717) is 16.8 Å². The van der Waals surface area contributed by atoms with E-state index in [1.165, 1.54) is 11.5 Å². The number of hydrogen-bond donors (Lipinski definition) is 1. The number of nitrogens with two attached hydrogens (primary N) is 1. The standard InChI is InChI=1S/C11H13N3OS/c1-7(2)10-13-11(16-14-10)15-9-5-3-8(12)4-6-9/h3-7H,12H2,1-2H3. The molecule has 0 amide bonds. The van der Waals surface area contributed by atoms with Gasteiger partial charge in [-0.2, -0.15) is 9.36 Å². The lowest BCUT2D eigenvalue weighted by Gasteiger charge is -2.00. The lowest BCUT2D eigenvalue weighted by Crippen LogP contribution is -1.90. The van der Waals surface area contributed by atoms with E-state index in [0.717, 1.165) is 11.6 Å². The van der Waals surface area contributed by atoms with Crippen LogP contribution in [-0.2, 0) is 0 Å². The quantitative estimate of drug-likeness (QED) is 0.831. The molecule has 84 valence electrons. The first-order chi connectivity index (χ1) is 7.65. The van der Waals surface area contributed by atoms with Gasteiger partial charge in [0.25, 0.3) is 5.19 Å². The molecule has 0 saturated heterocycles. The maximum absolute atomic E-state index is 5.58. The average Bonchev–Trinajstić information content (AvgIpc) is 2.70. The van der Waals surface area contributed by atoms with Gasteiger partial charge in [-0.3, -0.25) is 0 Å². The molecular weight excluding hydrogens is 222 g/mol. The molecule has 0 aliphatic carbocycles. The summed E-state index contributed by atoms with van der Waals surface area (Å²) in [6.45, 7) is 4.10. The molecule has 5 heteroatoms. The van der Waals surface area contributed by atoms with Crippen molar-refractivity contribution >= 4 is 17.2 Å². The van der Waals surface area contributed by atoms with Crippen LogP contribution in [0, 0.1) is 0 Å². The Morgan fingerprint density at radius 3 is 2.50 bits per heavy atom. The monoisotopic (exact) mass is 235 g/mol. The highest BCUT2D eigenvalue weighted by atomic mass is 32.1. The Morgan fingerprint density at radius 2 is 1.94 bits per heavy atom. The van der Waals surface area contributed by atoms with Crippen molar-refractivity contribution in [2.75, 3.05) is 5.73 Å². The minimum Gasteiger partial charge on any atom is -0.430 e. The van der Waals surface area contributed by atoms with Crippen molar-refractivity contribution < 1.29 is 4.74 Å². The molecule has 16 heavy (non-hydrogen) atoms. The number of anilines is 1. The first-order valence-electron chi connectivity index (χ1n) is 5.02. The van der Waals surface area contributed by atoms with Crippen molar-refractivity contribution in [2.45, 2.75) is 19.8 Å². The minimum atomic E-state index is 0.319. The SMILES string of the molecule is CC(C)c1nsc(Oc2ccc(N)cc2)n1. The molecule has 0 aliphatic rings. The highest BCUT2D eigenvalue weighted by Crippen LogP contribution is 2.25. The third kappa shape index (κ3) is 2.49. The van der Waals surface area contributed by atoms with Crippen LogP contribution >= 0.6 is 11.5 Å². The van der Waals surface area contributed by atoms with Crippen molar-refractivity contribution in [3.63, 3.8) is 0 Å². The first-order valence-corrected chi connectivity index (χ1v) is 5.79. The second-order valence-corrected chi connectivity index (χ2v) is 4.46. The van der Waals surface area contributed by atoms with Crippen molar-refractivity contribution in [1.29, 1.82) is 0 Å².